The van der Waals surface area contributed by atoms with Crippen molar-refractivity contribution in [2.75, 3.05) is 30.3 Å². The number of carbonyl (C=O) groups is 1. The van der Waals surface area contributed by atoms with Gasteiger partial charge < -0.3 is 14.7 Å². The van der Waals surface area contributed by atoms with E-state index in [0.29, 0.717) is 18.9 Å². The van der Waals surface area contributed by atoms with Crippen molar-refractivity contribution in [3.8, 4) is 5.75 Å². The summed E-state index contributed by atoms with van der Waals surface area (Å²) >= 11 is 6.36. The summed E-state index contributed by atoms with van der Waals surface area (Å²) in [6, 6.07) is 11.3. The molecule has 0 radical (unpaired) electrons. The highest BCUT2D eigenvalue weighted by atomic mass is 35.5. The lowest BCUT2D eigenvalue weighted by Gasteiger charge is -2.45. The molecule has 1 spiro atoms. The van der Waals surface area contributed by atoms with Crippen LogP contribution in [0.1, 0.15) is 54.1 Å². The number of aliphatic hydroxyl groups excluding tert-OH is 1. The molecule has 2 aliphatic heterocycles. The molecule has 0 aromatic heterocycles. The molecule has 4 aliphatic rings. The van der Waals surface area contributed by atoms with Crippen LogP contribution < -0.4 is 14.4 Å². The van der Waals surface area contributed by atoms with Gasteiger partial charge in [-0.15, -0.1) is 0 Å². The zero-order chi connectivity index (χ0) is 27.4. The largest absolute Gasteiger partial charge is 0.490 e. The monoisotopic (exact) mass is 570 g/mol. The molecular formula is C30H35ClN2O5S. The van der Waals surface area contributed by atoms with Crippen molar-refractivity contribution in [1.82, 2.24) is 4.72 Å². The van der Waals surface area contributed by atoms with E-state index in [2.05, 4.69) is 21.8 Å². The molecule has 5 atom stereocenters. The predicted octanol–water partition coefficient (Wildman–Crippen LogP) is 4.47. The van der Waals surface area contributed by atoms with Gasteiger partial charge in [-0.05, 0) is 91.3 Å². The summed E-state index contributed by atoms with van der Waals surface area (Å²) < 4.78 is 34.2. The average molecular weight is 571 g/mol. The number of ether oxygens (including phenoxy) is 1. The SMILES string of the molecule is C[C@@H]1/C=C/[C@H](O)[C@@H]2CC[C@H]2CN2C[C@@]3(CCCc4cc(Cl)ccc43)COc3ccc(cc32)C(=O)NS(=O)(=O)C1. The standard InChI is InChI=1S/C30H35ClN2O5S/c1-19-4-10-27(34)24-8-5-22(24)15-33-17-30(12-2-3-20-13-23(31)7-9-25(20)30)18-38-28-11-6-21(14-26(28)33)29(35)32-39(36,37)16-19/h4,6-7,9-11,13-14,19,22,24,27,34H,2-3,5,8,12,15-18H2,1H3,(H,32,35)/b10-4+/t19-,22+,24-,27+,30+/m1/s1. The first kappa shape index (κ1) is 26.7. The molecule has 1 amide bonds. The Morgan fingerprint density at radius 1 is 1.15 bits per heavy atom. The number of benzene rings is 2. The fourth-order valence-electron chi connectivity index (χ4n) is 6.90. The third kappa shape index (κ3) is 5.19. The first-order chi connectivity index (χ1) is 18.6. The Balaban J connectivity index is 1.43. The van der Waals surface area contributed by atoms with E-state index in [1.807, 2.05) is 6.07 Å². The molecule has 2 N–H and O–H groups in total. The van der Waals surface area contributed by atoms with Crippen molar-refractivity contribution in [2.45, 2.75) is 50.5 Å². The number of hydrogen-bond acceptors (Lipinski definition) is 6. The molecule has 2 aromatic rings. The molecular weight excluding hydrogens is 536 g/mol. The van der Waals surface area contributed by atoms with Gasteiger partial charge in [0.25, 0.3) is 5.91 Å². The Morgan fingerprint density at radius 3 is 2.79 bits per heavy atom. The van der Waals surface area contributed by atoms with Crippen LogP contribution in [0.3, 0.4) is 0 Å². The molecule has 2 bridgehead atoms. The Morgan fingerprint density at radius 2 is 2.00 bits per heavy atom. The van der Waals surface area contributed by atoms with Crippen LogP contribution in [0.5, 0.6) is 5.75 Å². The number of sulfonamides is 1. The number of carbonyl (C=O) groups excluding carboxylic acids is 1. The highest BCUT2D eigenvalue weighted by Crippen LogP contribution is 2.46. The number of fused-ring (bicyclic) bond motifs is 4. The molecule has 0 unspecified atom stereocenters. The van der Waals surface area contributed by atoms with Gasteiger partial charge in [0.2, 0.25) is 10.0 Å². The number of anilines is 1. The molecule has 1 fully saturated rings. The summed E-state index contributed by atoms with van der Waals surface area (Å²) in [6.07, 6.45) is 7.74. The van der Waals surface area contributed by atoms with E-state index < -0.39 is 22.0 Å². The number of aliphatic hydroxyl groups is 1. The quantitative estimate of drug-likeness (QED) is 0.454. The van der Waals surface area contributed by atoms with Crippen molar-refractivity contribution in [2.24, 2.45) is 17.8 Å². The maximum absolute atomic E-state index is 13.1. The minimum absolute atomic E-state index is 0.0964. The van der Waals surface area contributed by atoms with Crippen molar-refractivity contribution in [1.29, 1.82) is 0 Å². The van der Waals surface area contributed by atoms with Crippen LogP contribution in [0.25, 0.3) is 0 Å². The first-order valence-corrected chi connectivity index (χ1v) is 15.9. The lowest BCUT2D eigenvalue weighted by atomic mass is 9.68. The van der Waals surface area contributed by atoms with Gasteiger partial charge >= 0.3 is 0 Å². The summed E-state index contributed by atoms with van der Waals surface area (Å²) in [5, 5.41) is 11.7. The van der Waals surface area contributed by atoms with Crippen LogP contribution in [0, 0.1) is 17.8 Å². The molecule has 39 heavy (non-hydrogen) atoms. The fraction of sp³-hybridized carbons (Fsp3) is 0.500. The Labute approximate surface area is 235 Å². The number of nitrogens with one attached hydrogen (secondary N) is 1. The summed E-state index contributed by atoms with van der Waals surface area (Å²) in [5.41, 5.74) is 3.33. The fourth-order valence-corrected chi connectivity index (χ4v) is 8.38. The zero-order valence-electron chi connectivity index (χ0n) is 22.1. The van der Waals surface area contributed by atoms with Crippen molar-refractivity contribution in [3.05, 3.63) is 70.3 Å². The predicted molar refractivity (Wildman–Crippen MR) is 152 cm³/mol. The van der Waals surface area contributed by atoms with E-state index in [1.165, 1.54) is 11.1 Å². The Bertz CT molecular complexity index is 1430. The molecule has 7 nitrogen and oxygen atoms in total. The third-order valence-electron chi connectivity index (χ3n) is 9.04. The van der Waals surface area contributed by atoms with E-state index in [-0.39, 0.29) is 34.5 Å². The maximum atomic E-state index is 13.1. The van der Waals surface area contributed by atoms with Crippen LogP contribution in [0.4, 0.5) is 5.69 Å². The van der Waals surface area contributed by atoms with Crippen molar-refractivity contribution < 1.29 is 23.1 Å². The minimum Gasteiger partial charge on any atom is -0.490 e. The minimum atomic E-state index is -3.87. The maximum Gasteiger partial charge on any atom is 0.264 e. The molecule has 2 heterocycles. The van der Waals surface area contributed by atoms with Crippen LogP contribution in [-0.2, 0) is 21.9 Å². The molecule has 1 saturated carbocycles. The zero-order valence-corrected chi connectivity index (χ0v) is 23.7. The molecule has 208 valence electrons. The second kappa shape index (κ2) is 10.1. The Hall–Kier alpha value is -2.55. The van der Waals surface area contributed by atoms with E-state index in [0.717, 1.165) is 49.4 Å². The summed E-state index contributed by atoms with van der Waals surface area (Å²) in [6.45, 7) is 3.69. The Kier molecular flexibility index (Phi) is 6.92. The van der Waals surface area contributed by atoms with Crippen LogP contribution in [0.2, 0.25) is 5.02 Å². The van der Waals surface area contributed by atoms with E-state index >= 15 is 0 Å². The highest BCUT2D eigenvalue weighted by molar-refractivity contribution is 7.90. The van der Waals surface area contributed by atoms with Crippen molar-refractivity contribution in [3.63, 3.8) is 0 Å². The number of nitrogens with zero attached hydrogens (tertiary/aromatic N) is 1. The lowest BCUT2D eigenvalue weighted by molar-refractivity contribution is 0.0455. The van der Waals surface area contributed by atoms with E-state index in [9.17, 15) is 18.3 Å². The second-order valence-electron chi connectivity index (χ2n) is 11.9. The number of allylic oxidation sites excluding steroid dienone is 1. The highest BCUT2D eigenvalue weighted by Gasteiger charge is 2.44. The number of hydrogen-bond donors (Lipinski definition) is 2. The van der Waals surface area contributed by atoms with Gasteiger partial charge in [0.05, 0.1) is 24.2 Å². The van der Waals surface area contributed by atoms with Gasteiger partial charge in [-0.25, -0.2) is 13.1 Å². The lowest BCUT2D eigenvalue weighted by Crippen LogP contribution is -2.49. The van der Waals surface area contributed by atoms with Crippen LogP contribution >= 0.6 is 11.6 Å². The number of aryl methyl sites for hydroxylation is 1. The van der Waals surface area contributed by atoms with Crippen LogP contribution in [-0.4, -0.2) is 51.0 Å². The van der Waals surface area contributed by atoms with Crippen LogP contribution in [0.15, 0.2) is 48.6 Å². The normalized spacial score (nSPS) is 32.7. The third-order valence-corrected chi connectivity index (χ3v) is 10.7. The summed E-state index contributed by atoms with van der Waals surface area (Å²) in [5.74, 6) is -0.186. The summed E-state index contributed by atoms with van der Waals surface area (Å²) in [7, 11) is -3.87. The number of amides is 1. The number of halogens is 1. The smallest absolute Gasteiger partial charge is 0.264 e. The van der Waals surface area contributed by atoms with E-state index in [1.54, 1.807) is 37.3 Å². The van der Waals surface area contributed by atoms with Gasteiger partial charge in [-0.1, -0.05) is 36.7 Å². The topological polar surface area (TPSA) is 95.9 Å². The van der Waals surface area contributed by atoms with Gasteiger partial charge in [0.15, 0.2) is 0 Å². The molecule has 2 aliphatic carbocycles. The van der Waals surface area contributed by atoms with Gasteiger partial charge in [-0.3, -0.25) is 4.79 Å². The molecule has 6 rings (SSSR count). The van der Waals surface area contributed by atoms with Gasteiger partial charge in [0, 0.05) is 29.1 Å². The molecule has 9 heteroatoms. The van der Waals surface area contributed by atoms with Crippen molar-refractivity contribution >= 4 is 33.2 Å². The van der Waals surface area contributed by atoms with E-state index in [4.69, 9.17) is 16.3 Å². The average Bonchev–Trinajstić information content (AvgIpc) is 3.01. The van der Waals surface area contributed by atoms with Gasteiger partial charge in [0.1, 0.15) is 5.75 Å². The molecule has 0 saturated heterocycles. The first-order valence-electron chi connectivity index (χ1n) is 13.8. The van der Waals surface area contributed by atoms with Gasteiger partial charge in [-0.2, -0.15) is 0 Å². The summed E-state index contributed by atoms with van der Waals surface area (Å²) in [4.78, 5) is 15.4. The second-order valence-corrected chi connectivity index (χ2v) is 14.1. The number of rotatable bonds is 0. The molecule has 2 aromatic carbocycles.